The summed E-state index contributed by atoms with van der Waals surface area (Å²) in [6.07, 6.45) is 12.9. The fourth-order valence-corrected chi connectivity index (χ4v) is 6.54. The number of carbonyl (C=O) groups is 2. The minimum absolute atomic E-state index is 0.00695. The summed E-state index contributed by atoms with van der Waals surface area (Å²) in [7, 11) is 0. The number of ether oxygens (including phenoxy) is 2. The van der Waals surface area contributed by atoms with Crippen LogP contribution in [0.5, 0.6) is 11.5 Å². The quantitative estimate of drug-likeness (QED) is 0.186. The fourth-order valence-electron chi connectivity index (χ4n) is 6.54. The molecule has 2 aromatic rings. The lowest BCUT2D eigenvalue weighted by Crippen LogP contribution is -2.25. The largest absolute Gasteiger partial charge is 0.423 e. The Morgan fingerprint density at radius 1 is 0.825 bits per heavy atom. The smallest absolute Gasteiger partial charge is 0.341 e. The molecule has 1 N–H and O–H groups in total. The molecule has 0 unspecified atom stereocenters. The van der Waals surface area contributed by atoms with Crippen molar-refractivity contribution in [3.8, 4) is 22.6 Å². The molecule has 0 bridgehead atoms. The van der Waals surface area contributed by atoms with E-state index in [1.54, 1.807) is 19.1 Å². The van der Waals surface area contributed by atoms with Gasteiger partial charge in [0.25, 0.3) is 0 Å². The predicted molar refractivity (Wildman–Crippen MR) is 159 cm³/mol. The van der Waals surface area contributed by atoms with Crippen LogP contribution >= 0.6 is 0 Å². The lowest BCUT2D eigenvalue weighted by atomic mass is 9.68. The molecule has 0 amide bonds. The second kappa shape index (κ2) is 13.9. The summed E-state index contributed by atoms with van der Waals surface area (Å²) >= 11 is 0. The van der Waals surface area contributed by atoms with E-state index in [1.165, 1.54) is 51.4 Å². The van der Waals surface area contributed by atoms with E-state index in [0.717, 1.165) is 47.3 Å². The molecule has 2 aliphatic rings. The van der Waals surface area contributed by atoms with Crippen molar-refractivity contribution in [1.29, 1.82) is 0 Å². The zero-order valence-corrected chi connectivity index (χ0v) is 24.1. The zero-order valence-electron chi connectivity index (χ0n) is 24.1. The number of hydrogen-bond acceptors (Lipinski definition) is 5. The van der Waals surface area contributed by atoms with Gasteiger partial charge in [-0.1, -0.05) is 64.0 Å². The highest BCUT2D eigenvalue weighted by Gasteiger charge is 2.32. The van der Waals surface area contributed by atoms with Crippen LogP contribution in [0.4, 0.5) is 0 Å². The number of rotatable bonds is 10. The third-order valence-electron chi connectivity index (χ3n) is 8.91. The van der Waals surface area contributed by atoms with Crippen molar-refractivity contribution in [3.05, 3.63) is 72.3 Å². The summed E-state index contributed by atoms with van der Waals surface area (Å²) in [5.41, 5.74) is 3.45. The molecule has 0 aromatic heterocycles. The lowest BCUT2D eigenvalue weighted by Gasteiger charge is -2.38. The predicted octanol–water partition coefficient (Wildman–Crippen LogP) is 8.17. The standard InChI is InChI=1S/C35H44O5/c1-5-6-25-7-9-26(10-8-25)27-11-13-29(14-12-27)32-21-30(17-20-33(32)40-34(37)23(2)3)28-15-18-31(19-16-28)39-35(38)24(4)22-36/h15-21,25-27,29,36H,2,4-14,22H2,1,3H3. The van der Waals surface area contributed by atoms with Gasteiger partial charge in [0.15, 0.2) is 0 Å². The first-order valence-electron chi connectivity index (χ1n) is 14.9. The molecule has 2 fully saturated rings. The Morgan fingerprint density at radius 3 is 2.00 bits per heavy atom. The highest BCUT2D eigenvalue weighted by Crippen LogP contribution is 2.46. The van der Waals surface area contributed by atoms with Crippen LogP contribution < -0.4 is 9.47 Å². The van der Waals surface area contributed by atoms with Gasteiger partial charge in [-0.05, 0) is 110 Å². The Labute approximate surface area is 239 Å². The number of aliphatic hydroxyl groups is 1. The molecule has 0 aliphatic heterocycles. The first kappa shape index (κ1) is 29.8. The van der Waals surface area contributed by atoms with Gasteiger partial charge in [0, 0.05) is 5.57 Å². The molecule has 2 aliphatic carbocycles. The van der Waals surface area contributed by atoms with Gasteiger partial charge in [-0.3, -0.25) is 0 Å². The van der Waals surface area contributed by atoms with E-state index in [4.69, 9.17) is 14.6 Å². The summed E-state index contributed by atoms with van der Waals surface area (Å²) in [6, 6.07) is 13.3. The Bertz CT molecular complexity index is 1190. The van der Waals surface area contributed by atoms with Crippen molar-refractivity contribution in [2.45, 2.75) is 84.0 Å². The van der Waals surface area contributed by atoms with Crippen molar-refractivity contribution >= 4 is 11.9 Å². The molecular formula is C35H44O5. The molecule has 40 heavy (non-hydrogen) atoms. The molecule has 214 valence electrons. The molecule has 2 saturated carbocycles. The molecule has 0 heterocycles. The number of benzene rings is 2. The molecule has 2 aromatic carbocycles. The van der Waals surface area contributed by atoms with Gasteiger partial charge in [-0.15, -0.1) is 0 Å². The molecule has 5 heteroatoms. The van der Waals surface area contributed by atoms with E-state index < -0.39 is 18.5 Å². The van der Waals surface area contributed by atoms with Crippen LogP contribution in [-0.4, -0.2) is 23.7 Å². The molecular weight excluding hydrogens is 500 g/mol. The van der Waals surface area contributed by atoms with Crippen LogP contribution in [0.1, 0.15) is 89.5 Å². The van der Waals surface area contributed by atoms with Gasteiger partial charge in [0.1, 0.15) is 11.5 Å². The summed E-state index contributed by atoms with van der Waals surface area (Å²) in [6.45, 7) is 10.8. The van der Waals surface area contributed by atoms with E-state index in [-0.39, 0.29) is 5.57 Å². The highest BCUT2D eigenvalue weighted by atomic mass is 16.5. The molecule has 0 spiro atoms. The molecule has 5 nitrogen and oxygen atoms in total. The number of carbonyl (C=O) groups excluding carboxylic acids is 2. The number of aliphatic hydroxyl groups excluding tert-OH is 1. The molecule has 0 saturated heterocycles. The van der Waals surface area contributed by atoms with Gasteiger partial charge in [0.2, 0.25) is 0 Å². The number of hydrogen-bond donors (Lipinski definition) is 1. The minimum atomic E-state index is -0.647. The highest BCUT2D eigenvalue weighted by molar-refractivity contribution is 5.90. The Morgan fingerprint density at radius 2 is 1.43 bits per heavy atom. The third kappa shape index (κ3) is 7.51. The van der Waals surface area contributed by atoms with Crippen molar-refractivity contribution in [2.75, 3.05) is 6.61 Å². The third-order valence-corrected chi connectivity index (χ3v) is 8.91. The molecule has 0 atom stereocenters. The second-order valence-electron chi connectivity index (χ2n) is 11.8. The summed E-state index contributed by atoms with van der Waals surface area (Å²) in [5.74, 6) is 2.90. The summed E-state index contributed by atoms with van der Waals surface area (Å²) < 4.78 is 11.1. The topological polar surface area (TPSA) is 72.8 Å². The maximum Gasteiger partial charge on any atom is 0.341 e. The monoisotopic (exact) mass is 544 g/mol. The van der Waals surface area contributed by atoms with Crippen LogP contribution in [0.15, 0.2) is 66.8 Å². The lowest BCUT2D eigenvalue weighted by molar-refractivity contribution is -0.131. The molecule has 4 rings (SSSR count). The first-order chi connectivity index (χ1) is 19.3. The van der Waals surface area contributed by atoms with E-state index in [1.807, 2.05) is 24.3 Å². The van der Waals surface area contributed by atoms with Crippen LogP contribution in [0, 0.1) is 17.8 Å². The van der Waals surface area contributed by atoms with E-state index in [2.05, 4.69) is 26.1 Å². The Balaban J connectivity index is 1.49. The van der Waals surface area contributed by atoms with Crippen LogP contribution in [0.3, 0.4) is 0 Å². The van der Waals surface area contributed by atoms with Gasteiger partial charge in [-0.2, -0.15) is 0 Å². The Kier molecular flexibility index (Phi) is 10.4. The van der Waals surface area contributed by atoms with Gasteiger partial charge in [0.05, 0.1) is 12.2 Å². The maximum absolute atomic E-state index is 12.4. The summed E-state index contributed by atoms with van der Waals surface area (Å²) in [4.78, 5) is 24.4. The van der Waals surface area contributed by atoms with Gasteiger partial charge < -0.3 is 14.6 Å². The first-order valence-corrected chi connectivity index (χ1v) is 14.9. The normalized spacial score (nSPS) is 22.8. The van der Waals surface area contributed by atoms with E-state index in [9.17, 15) is 9.59 Å². The van der Waals surface area contributed by atoms with Crippen LogP contribution in [0.2, 0.25) is 0 Å². The fraction of sp³-hybridized carbons (Fsp3) is 0.486. The minimum Gasteiger partial charge on any atom is -0.423 e. The van der Waals surface area contributed by atoms with Gasteiger partial charge in [-0.25, -0.2) is 9.59 Å². The average Bonchev–Trinajstić information content (AvgIpc) is 2.98. The van der Waals surface area contributed by atoms with Crippen molar-refractivity contribution in [2.24, 2.45) is 17.8 Å². The van der Waals surface area contributed by atoms with E-state index in [0.29, 0.717) is 23.0 Å². The van der Waals surface area contributed by atoms with Crippen molar-refractivity contribution in [1.82, 2.24) is 0 Å². The summed E-state index contributed by atoms with van der Waals surface area (Å²) in [5, 5.41) is 9.09. The zero-order chi connectivity index (χ0) is 28.6. The SMILES string of the molecule is C=C(C)C(=O)Oc1ccc(-c2ccc(OC(=O)C(=C)CO)cc2)cc1C1CCC(C2CCC(CCC)CC2)CC1. The van der Waals surface area contributed by atoms with Gasteiger partial charge >= 0.3 is 11.9 Å². The van der Waals surface area contributed by atoms with Crippen LogP contribution in [-0.2, 0) is 9.59 Å². The van der Waals surface area contributed by atoms with E-state index >= 15 is 0 Å². The van der Waals surface area contributed by atoms with Crippen LogP contribution in [0.25, 0.3) is 11.1 Å². The van der Waals surface area contributed by atoms with Crippen molar-refractivity contribution in [3.63, 3.8) is 0 Å². The Hall–Kier alpha value is -3.18. The maximum atomic E-state index is 12.4. The number of esters is 2. The van der Waals surface area contributed by atoms with Crippen molar-refractivity contribution < 1.29 is 24.2 Å². The molecule has 0 radical (unpaired) electrons. The second-order valence-corrected chi connectivity index (χ2v) is 11.8. The average molecular weight is 545 g/mol.